The van der Waals surface area contributed by atoms with E-state index < -0.39 is 11.9 Å². The molecule has 0 spiro atoms. The van der Waals surface area contributed by atoms with Crippen LogP contribution in [0, 0.1) is 0 Å². The van der Waals surface area contributed by atoms with Crippen LogP contribution in [0.5, 0.6) is 5.75 Å². The van der Waals surface area contributed by atoms with Crippen molar-refractivity contribution in [3.8, 4) is 5.75 Å². The first-order chi connectivity index (χ1) is 13.4. The predicted molar refractivity (Wildman–Crippen MR) is 106 cm³/mol. The summed E-state index contributed by atoms with van der Waals surface area (Å²) in [5.74, 6) is -0.872. The quantitative estimate of drug-likeness (QED) is 0.343. The van der Waals surface area contributed by atoms with E-state index in [1.807, 2.05) is 0 Å². The summed E-state index contributed by atoms with van der Waals surface area (Å²) in [5, 5.41) is 13.5. The fraction of sp³-hybridized carbons (Fsp3) is 0.312. The highest BCUT2D eigenvalue weighted by atomic mass is 35.5. The van der Waals surface area contributed by atoms with Crippen LogP contribution in [0.1, 0.15) is 17.3 Å². The maximum Gasteiger partial charge on any atom is 0.325 e. The lowest BCUT2D eigenvalue weighted by molar-refractivity contribution is -0.143. The molecule has 1 heterocycles. The number of aromatic nitrogens is 2. The molecule has 0 unspecified atom stereocenters. The van der Waals surface area contributed by atoms with Gasteiger partial charge in [-0.25, -0.2) is 0 Å². The van der Waals surface area contributed by atoms with Crippen LogP contribution in [0.4, 0.5) is 5.13 Å². The summed E-state index contributed by atoms with van der Waals surface area (Å²) < 4.78 is 10.4. The molecule has 0 saturated carbocycles. The number of amides is 2. The molecule has 0 fully saturated rings. The smallest absolute Gasteiger partial charge is 0.325 e. The van der Waals surface area contributed by atoms with Crippen LogP contribution >= 0.6 is 34.7 Å². The van der Waals surface area contributed by atoms with Crippen LogP contribution in [0.2, 0.25) is 5.02 Å². The highest BCUT2D eigenvalue weighted by Gasteiger charge is 2.16. The molecular formula is C16H17ClN4O5S2. The molecule has 12 heteroatoms. The second kappa shape index (κ2) is 10.8. The summed E-state index contributed by atoms with van der Waals surface area (Å²) >= 11 is 8.17. The number of thioether (sulfide) groups is 1. The van der Waals surface area contributed by atoms with Gasteiger partial charge >= 0.3 is 5.97 Å². The summed E-state index contributed by atoms with van der Waals surface area (Å²) in [6.45, 7) is 1.75. The minimum absolute atomic E-state index is 0.0457. The number of nitrogens with one attached hydrogen (secondary N) is 2. The van der Waals surface area contributed by atoms with Gasteiger partial charge in [-0.1, -0.05) is 34.7 Å². The van der Waals surface area contributed by atoms with Crippen molar-refractivity contribution in [2.45, 2.75) is 11.3 Å². The summed E-state index contributed by atoms with van der Waals surface area (Å²) in [5.41, 5.74) is 0.262. The summed E-state index contributed by atoms with van der Waals surface area (Å²) in [6.07, 6.45) is 0. The number of anilines is 1. The number of ether oxygens (including phenoxy) is 2. The number of hydrogen-bond donors (Lipinski definition) is 2. The Balaban J connectivity index is 1.87. The monoisotopic (exact) mass is 444 g/mol. The number of carbonyl (C=O) groups excluding carboxylic acids is 3. The zero-order valence-corrected chi connectivity index (χ0v) is 17.4. The normalized spacial score (nSPS) is 10.2. The molecule has 2 N–H and O–H groups in total. The van der Waals surface area contributed by atoms with Crippen LogP contribution in [0.25, 0.3) is 0 Å². The Morgan fingerprint density at radius 1 is 1.29 bits per heavy atom. The Kier molecular flexibility index (Phi) is 8.48. The highest BCUT2D eigenvalue weighted by molar-refractivity contribution is 8.01. The van der Waals surface area contributed by atoms with Gasteiger partial charge in [0.15, 0.2) is 4.34 Å². The van der Waals surface area contributed by atoms with Gasteiger partial charge in [0.25, 0.3) is 5.91 Å². The van der Waals surface area contributed by atoms with Gasteiger partial charge in [0.1, 0.15) is 12.3 Å². The fourth-order valence-electron chi connectivity index (χ4n) is 1.90. The van der Waals surface area contributed by atoms with Gasteiger partial charge in [0, 0.05) is 5.02 Å². The molecule has 0 radical (unpaired) electrons. The van der Waals surface area contributed by atoms with E-state index in [0.29, 0.717) is 15.1 Å². The number of hydrogen-bond acceptors (Lipinski definition) is 9. The Morgan fingerprint density at radius 2 is 2.07 bits per heavy atom. The molecule has 0 atom stereocenters. The van der Waals surface area contributed by atoms with Crippen molar-refractivity contribution in [2.75, 3.05) is 31.3 Å². The number of methoxy groups -OCH3 is 1. The Labute approximate surface area is 174 Å². The van der Waals surface area contributed by atoms with Crippen LogP contribution in [-0.2, 0) is 14.3 Å². The molecule has 2 rings (SSSR count). The van der Waals surface area contributed by atoms with E-state index in [1.165, 1.54) is 13.2 Å². The molecule has 28 heavy (non-hydrogen) atoms. The number of nitrogens with zero attached hydrogens (tertiary/aromatic N) is 2. The van der Waals surface area contributed by atoms with Gasteiger partial charge in [-0.2, -0.15) is 0 Å². The van der Waals surface area contributed by atoms with Crippen molar-refractivity contribution in [2.24, 2.45) is 0 Å². The lowest BCUT2D eigenvalue weighted by Gasteiger charge is -2.07. The molecule has 0 aliphatic rings. The first-order valence-electron chi connectivity index (χ1n) is 7.96. The van der Waals surface area contributed by atoms with Gasteiger partial charge in [-0.05, 0) is 25.1 Å². The number of rotatable bonds is 9. The van der Waals surface area contributed by atoms with Crippen molar-refractivity contribution in [1.82, 2.24) is 15.5 Å². The maximum atomic E-state index is 12.4. The van der Waals surface area contributed by atoms with E-state index in [4.69, 9.17) is 21.1 Å². The molecular weight excluding hydrogens is 428 g/mol. The van der Waals surface area contributed by atoms with E-state index >= 15 is 0 Å². The second-order valence-electron chi connectivity index (χ2n) is 5.04. The SMILES string of the molecule is CCOC(=O)CNC(=O)CSc1nnc(NC(=O)c2cc(Cl)ccc2OC)s1. The average Bonchev–Trinajstić information content (AvgIpc) is 3.12. The Bertz CT molecular complexity index is 861. The van der Waals surface area contributed by atoms with Crippen molar-refractivity contribution < 1.29 is 23.9 Å². The standard InChI is InChI=1S/C16H17ClN4O5S2/c1-3-26-13(23)7-18-12(22)8-27-16-21-20-15(28-16)19-14(24)10-6-9(17)4-5-11(10)25-2/h4-6H,3,7-8H2,1-2H3,(H,18,22)(H,19,20,24). The number of benzene rings is 1. The largest absolute Gasteiger partial charge is 0.496 e. The zero-order valence-electron chi connectivity index (χ0n) is 15.0. The lowest BCUT2D eigenvalue weighted by atomic mass is 10.2. The molecule has 0 bridgehead atoms. The summed E-state index contributed by atoms with van der Waals surface area (Å²) in [6, 6.07) is 4.69. The molecule has 2 aromatic rings. The number of halogens is 1. The first-order valence-corrected chi connectivity index (χ1v) is 10.1. The van der Waals surface area contributed by atoms with E-state index in [1.54, 1.807) is 19.1 Å². The van der Waals surface area contributed by atoms with Gasteiger partial charge in [-0.3, -0.25) is 19.7 Å². The molecule has 150 valence electrons. The minimum atomic E-state index is -0.502. The van der Waals surface area contributed by atoms with Crippen molar-refractivity contribution >= 4 is 57.6 Å². The predicted octanol–water partition coefficient (Wildman–Crippen LogP) is 2.22. The fourth-order valence-corrected chi connectivity index (χ4v) is 3.65. The van der Waals surface area contributed by atoms with Crippen molar-refractivity contribution in [1.29, 1.82) is 0 Å². The van der Waals surface area contributed by atoms with Crippen molar-refractivity contribution in [3.63, 3.8) is 0 Å². The second-order valence-corrected chi connectivity index (χ2v) is 7.68. The number of carbonyl (C=O) groups is 3. The Hall–Kier alpha value is -2.37. The van der Waals surface area contributed by atoms with Gasteiger partial charge in [0.2, 0.25) is 11.0 Å². The minimum Gasteiger partial charge on any atom is -0.496 e. The average molecular weight is 445 g/mol. The first kappa shape index (κ1) is 21.9. The maximum absolute atomic E-state index is 12.4. The van der Waals surface area contributed by atoms with Gasteiger partial charge < -0.3 is 14.8 Å². The van der Waals surface area contributed by atoms with Gasteiger partial charge in [0.05, 0.1) is 25.0 Å². The molecule has 0 saturated heterocycles. The van der Waals surface area contributed by atoms with E-state index in [0.717, 1.165) is 23.1 Å². The molecule has 2 amide bonds. The van der Waals surface area contributed by atoms with Gasteiger partial charge in [-0.15, -0.1) is 10.2 Å². The van der Waals surface area contributed by atoms with Crippen LogP contribution in [0.3, 0.4) is 0 Å². The third-order valence-electron chi connectivity index (χ3n) is 3.10. The van der Waals surface area contributed by atoms with E-state index in [9.17, 15) is 14.4 Å². The molecule has 0 aliphatic heterocycles. The third kappa shape index (κ3) is 6.66. The zero-order chi connectivity index (χ0) is 20.5. The van der Waals surface area contributed by atoms with Crippen molar-refractivity contribution in [3.05, 3.63) is 28.8 Å². The van der Waals surface area contributed by atoms with E-state index in [2.05, 4.69) is 20.8 Å². The number of esters is 1. The molecule has 1 aromatic heterocycles. The Morgan fingerprint density at radius 3 is 2.79 bits per heavy atom. The molecule has 0 aliphatic carbocycles. The topological polar surface area (TPSA) is 120 Å². The molecule has 1 aromatic carbocycles. The lowest BCUT2D eigenvalue weighted by Crippen LogP contribution is -2.31. The summed E-state index contributed by atoms with van der Waals surface area (Å²) in [7, 11) is 1.45. The molecule has 9 nitrogen and oxygen atoms in total. The van der Waals surface area contributed by atoms with Crippen LogP contribution in [0.15, 0.2) is 22.5 Å². The summed E-state index contributed by atoms with van der Waals surface area (Å²) in [4.78, 5) is 35.3. The highest BCUT2D eigenvalue weighted by Crippen LogP contribution is 2.27. The van der Waals surface area contributed by atoms with Crippen LogP contribution in [-0.4, -0.2) is 54.0 Å². The van der Waals surface area contributed by atoms with E-state index in [-0.39, 0.29) is 35.5 Å². The van der Waals surface area contributed by atoms with Crippen LogP contribution < -0.4 is 15.4 Å². The third-order valence-corrected chi connectivity index (χ3v) is 5.30.